The average molecular weight is 368 g/mol. The first-order chi connectivity index (χ1) is 11.8. The Morgan fingerprint density at radius 2 is 1.12 bits per heavy atom. The van der Waals surface area contributed by atoms with E-state index in [1.807, 2.05) is 0 Å². The van der Waals surface area contributed by atoms with Crippen molar-refractivity contribution in [2.24, 2.45) is 4.74 Å². The van der Waals surface area contributed by atoms with E-state index in [1.54, 1.807) is 0 Å². The molecule has 0 fully saturated rings. The lowest BCUT2D eigenvalue weighted by Crippen LogP contribution is -2.21. The van der Waals surface area contributed by atoms with Gasteiger partial charge in [0, 0.05) is 13.7 Å². The predicted octanol–water partition coefficient (Wildman–Crippen LogP) is 7.67. The molecule has 0 aromatic heterocycles. The number of nitrogens with zero attached hydrogens (tertiary/aromatic N) is 1. The molecule has 0 amide bonds. The van der Waals surface area contributed by atoms with E-state index in [0.29, 0.717) is 0 Å². The Bertz CT molecular complexity index is 747. The summed E-state index contributed by atoms with van der Waals surface area (Å²) in [6.45, 7) is 20.6. The molecule has 0 heterocycles. The van der Waals surface area contributed by atoms with Crippen LogP contribution in [-0.2, 0) is 16.2 Å². The standard InChI is InChI=1S/C24H34NP/c1-22(2,3)17-15-19(23(4,5)6)21(20(16-17)24(7,8)9)25-26-18-13-11-10-12-14-18/h10-16H,1-9H3. The van der Waals surface area contributed by atoms with Crippen LogP contribution >= 0.6 is 8.37 Å². The largest absolute Gasteiger partial charge is 0.227 e. The van der Waals surface area contributed by atoms with Crippen LogP contribution in [-0.4, -0.2) is 0 Å². The maximum atomic E-state index is 5.10. The molecule has 140 valence electrons. The molecule has 0 radical (unpaired) electrons. The zero-order chi connectivity index (χ0) is 19.8. The smallest absolute Gasteiger partial charge is 0.0754 e. The summed E-state index contributed by atoms with van der Waals surface area (Å²) in [5, 5.41) is 1.23. The van der Waals surface area contributed by atoms with Crippen molar-refractivity contribution in [3.63, 3.8) is 0 Å². The minimum Gasteiger partial charge on any atom is -0.227 e. The van der Waals surface area contributed by atoms with Crippen LogP contribution in [0.4, 0.5) is 5.69 Å². The van der Waals surface area contributed by atoms with E-state index in [2.05, 4.69) is 105 Å². The van der Waals surface area contributed by atoms with E-state index < -0.39 is 0 Å². The molecule has 0 N–H and O–H groups in total. The first kappa shape index (κ1) is 20.8. The lowest BCUT2D eigenvalue weighted by molar-refractivity contribution is 0.550. The molecule has 2 heteroatoms. The topological polar surface area (TPSA) is 12.4 Å². The van der Waals surface area contributed by atoms with Gasteiger partial charge in [-0.25, -0.2) is 4.74 Å². The van der Waals surface area contributed by atoms with Gasteiger partial charge < -0.3 is 0 Å². The van der Waals surface area contributed by atoms with Gasteiger partial charge in [-0.1, -0.05) is 92.6 Å². The minimum absolute atomic E-state index is 0.0479. The van der Waals surface area contributed by atoms with E-state index in [9.17, 15) is 0 Å². The maximum Gasteiger partial charge on any atom is 0.0754 e. The highest BCUT2D eigenvalue weighted by Gasteiger charge is 2.29. The van der Waals surface area contributed by atoms with Crippen molar-refractivity contribution in [2.75, 3.05) is 0 Å². The molecule has 2 aromatic rings. The average Bonchev–Trinajstić information content (AvgIpc) is 2.50. The Hall–Kier alpha value is -1.46. The second-order valence-electron chi connectivity index (χ2n) is 10.2. The highest BCUT2D eigenvalue weighted by molar-refractivity contribution is 7.37. The molecule has 0 aliphatic rings. The van der Waals surface area contributed by atoms with Gasteiger partial charge in [-0.3, -0.25) is 0 Å². The highest BCUT2D eigenvalue weighted by atomic mass is 31.1. The number of rotatable bonds is 2. The molecule has 0 unspecified atom stereocenters. The van der Waals surface area contributed by atoms with Crippen molar-refractivity contribution in [3.05, 3.63) is 59.2 Å². The Morgan fingerprint density at radius 1 is 0.654 bits per heavy atom. The Balaban J connectivity index is 2.76. The summed E-state index contributed by atoms with van der Waals surface area (Å²) in [5.74, 6) is 0. The van der Waals surface area contributed by atoms with E-state index in [0.717, 1.165) is 8.37 Å². The van der Waals surface area contributed by atoms with Gasteiger partial charge in [0.2, 0.25) is 0 Å². The zero-order valence-electron chi connectivity index (χ0n) is 17.9. The zero-order valence-corrected chi connectivity index (χ0v) is 18.8. The Morgan fingerprint density at radius 3 is 1.50 bits per heavy atom. The van der Waals surface area contributed by atoms with Gasteiger partial charge in [-0.15, -0.1) is 0 Å². The van der Waals surface area contributed by atoms with Crippen molar-refractivity contribution < 1.29 is 0 Å². The van der Waals surface area contributed by atoms with Gasteiger partial charge in [0.1, 0.15) is 0 Å². The first-order valence-corrected chi connectivity index (χ1v) is 10.3. The quantitative estimate of drug-likeness (QED) is 0.483. The van der Waals surface area contributed by atoms with Crippen LogP contribution in [0.1, 0.15) is 79.0 Å². The second-order valence-corrected chi connectivity index (χ2v) is 11.1. The van der Waals surface area contributed by atoms with E-state index in [1.165, 1.54) is 27.7 Å². The van der Waals surface area contributed by atoms with Crippen LogP contribution in [0.2, 0.25) is 0 Å². The summed E-state index contributed by atoms with van der Waals surface area (Å²) in [5.41, 5.74) is 5.47. The van der Waals surface area contributed by atoms with Crippen LogP contribution in [0.3, 0.4) is 0 Å². The van der Waals surface area contributed by atoms with E-state index in [-0.39, 0.29) is 16.2 Å². The van der Waals surface area contributed by atoms with E-state index in [4.69, 9.17) is 4.74 Å². The third kappa shape index (κ3) is 5.04. The number of hydrogen-bond donors (Lipinski definition) is 0. The summed E-state index contributed by atoms with van der Waals surface area (Å²) in [7, 11) is 1.01. The molecule has 0 spiro atoms. The van der Waals surface area contributed by atoms with Crippen molar-refractivity contribution in [1.29, 1.82) is 0 Å². The molecule has 0 aliphatic carbocycles. The highest BCUT2D eigenvalue weighted by Crippen LogP contribution is 2.43. The molecular weight excluding hydrogens is 333 g/mol. The molecule has 2 rings (SSSR count). The van der Waals surface area contributed by atoms with Crippen LogP contribution in [0.15, 0.2) is 47.2 Å². The van der Waals surface area contributed by atoms with Gasteiger partial charge in [0.25, 0.3) is 0 Å². The van der Waals surface area contributed by atoms with Gasteiger partial charge in [-0.05, 0) is 45.1 Å². The summed E-state index contributed by atoms with van der Waals surface area (Å²) in [6, 6.07) is 15.3. The van der Waals surface area contributed by atoms with Gasteiger partial charge in [0.05, 0.1) is 5.69 Å². The Kier molecular flexibility index (Phi) is 5.83. The van der Waals surface area contributed by atoms with Crippen molar-refractivity contribution in [3.8, 4) is 0 Å². The lowest BCUT2D eigenvalue weighted by Gasteiger charge is -2.32. The molecule has 2 aromatic carbocycles. The van der Waals surface area contributed by atoms with E-state index >= 15 is 0 Å². The van der Waals surface area contributed by atoms with Gasteiger partial charge in [0.15, 0.2) is 0 Å². The third-order valence-corrected chi connectivity index (χ3v) is 5.44. The summed E-state index contributed by atoms with van der Waals surface area (Å²) >= 11 is 0. The molecule has 0 saturated heterocycles. The van der Waals surface area contributed by atoms with Crippen molar-refractivity contribution in [1.82, 2.24) is 0 Å². The number of benzene rings is 2. The monoisotopic (exact) mass is 367 g/mol. The van der Waals surface area contributed by atoms with Crippen molar-refractivity contribution >= 4 is 19.4 Å². The summed E-state index contributed by atoms with van der Waals surface area (Å²) < 4.78 is 5.10. The van der Waals surface area contributed by atoms with Crippen molar-refractivity contribution in [2.45, 2.75) is 78.6 Å². The molecule has 1 nitrogen and oxygen atoms in total. The fourth-order valence-electron chi connectivity index (χ4n) is 2.92. The minimum atomic E-state index is 0.0479. The fraction of sp³-hybridized carbons (Fsp3) is 0.500. The van der Waals surface area contributed by atoms with Crippen LogP contribution < -0.4 is 5.30 Å². The SMILES string of the molecule is CC(C)(C)c1cc(C(C)(C)C)c(N=Pc2ccccc2)c(C(C)(C)C)c1. The lowest BCUT2D eigenvalue weighted by atomic mass is 9.74. The maximum absolute atomic E-state index is 5.10. The van der Waals surface area contributed by atoms with Gasteiger partial charge >= 0.3 is 0 Å². The first-order valence-electron chi connectivity index (χ1n) is 9.46. The van der Waals surface area contributed by atoms with Crippen LogP contribution in [0, 0.1) is 0 Å². The molecule has 0 aliphatic heterocycles. The molecular formula is C24H34NP. The fourth-order valence-corrected chi connectivity index (χ4v) is 3.66. The molecule has 26 heavy (non-hydrogen) atoms. The second kappa shape index (κ2) is 7.28. The van der Waals surface area contributed by atoms with Crippen LogP contribution in [0.25, 0.3) is 0 Å². The summed E-state index contributed by atoms with van der Waals surface area (Å²) in [6.07, 6.45) is 0. The van der Waals surface area contributed by atoms with Crippen LogP contribution in [0.5, 0.6) is 0 Å². The molecule has 0 atom stereocenters. The number of hydrogen-bond acceptors (Lipinski definition) is 1. The molecule has 0 saturated carbocycles. The predicted molar refractivity (Wildman–Crippen MR) is 118 cm³/mol. The van der Waals surface area contributed by atoms with Gasteiger partial charge in [-0.2, -0.15) is 0 Å². The normalized spacial score (nSPS) is 13.4. The third-order valence-electron chi connectivity index (χ3n) is 4.61. The summed E-state index contributed by atoms with van der Waals surface area (Å²) in [4.78, 5) is 0. The molecule has 0 bridgehead atoms. The Labute approximate surface area is 162 Å².